The zero-order valence-electron chi connectivity index (χ0n) is 6.87. The van der Waals surface area contributed by atoms with Gasteiger partial charge in [0.25, 0.3) is 0 Å². The van der Waals surface area contributed by atoms with Crippen molar-refractivity contribution in [3.63, 3.8) is 0 Å². The maximum Gasteiger partial charge on any atom is 0.0574 e. The second-order valence-electron chi connectivity index (χ2n) is 4.64. The Morgan fingerprint density at radius 3 is 2.45 bits per heavy atom. The van der Waals surface area contributed by atoms with E-state index in [2.05, 4.69) is 0 Å². The van der Waals surface area contributed by atoms with Crippen LogP contribution in [-0.4, -0.2) is 11.2 Å². The maximum absolute atomic E-state index is 9.67. The highest BCUT2D eigenvalue weighted by molar-refractivity contribution is 5.06. The van der Waals surface area contributed by atoms with Crippen molar-refractivity contribution in [3.8, 4) is 0 Å². The van der Waals surface area contributed by atoms with Crippen LogP contribution in [0.3, 0.4) is 0 Å². The summed E-state index contributed by atoms with van der Waals surface area (Å²) in [6, 6.07) is 0. The van der Waals surface area contributed by atoms with Gasteiger partial charge in [0, 0.05) is 0 Å². The van der Waals surface area contributed by atoms with E-state index >= 15 is 0 Å². The highest BCUT2D eigenvalue weighted by Crippen LogP contribution is 2.61. The molecule has 0 bridgehead atoms. The van der Waals surface area contributed by atoms with E-state index in [9.17, 15) is 5.11 Å². The van der Waals surface area contributed by atoms with Crippen molar-refractivity contribution in [3.05, 3.63) is 0 Å². The summed E-state index contributed by atoms with van der Waals surface area (Å²) in [5.74, 6) is 3.66. The van der Waals surface area contributed by atoms with E-state index in [0.29, 0.717) is 0 Å². The molecule has 0 unspecified atom stereocenters. The summed E-state index contributed by atoms with van der Waals surface area (Å²) in [5, 5.41) is 9.67. The third-order valence-electron chi connectivity index (χ3n) is 4.40. The van der Waals surface area contributed by atoms with E-state index in [1.165, 1.54) is 25.7 Å². The Kier molecular flexibility index (Phi) is 1.18. The molecule has 0 radical (unpaired) electrons. The fourth-order valence-corrected chi connectivity index (χ4v) is 4.02. The number of hydrogen-bond donors (Lipinski definition) is 1. The van der Waals surface area contributed by atoms with Crippen LogP contribution in [0.25, 0.3) is 0 Å². The van der Waals surface area contributed by atoms with Gasteiger partial charge >= 0.3 is 0 Å². The molecule has 11 heavy (non-hydrogen) atoms. The first-order chi connectivity index (χ1) is 5.38. The molecule has 1 nitrogen and oxygen atoms in total. The average Bonchev–Trinajstić information content (AvgIpc) is 2.43. The van der Waals surface area contributed by atoms with Gasteiger partial charge in [0.15, 0.2) is 0 Å². The van der Waals surface area contributed by atoms with Crippen molar-refractivity contribution in [2.45, 2.75) is 38.2 Å². The monoisotopic (exact) mass is 152 g/mol. The van der Waals surface area contributed by atoms with Crippen molar-refractivity contribution >= 4 is 0 Å². The predicted octanol–water partition coefficient (Wildman–Crippen LogP) is 1.80. The second-order valence-corrected chi connectivity index (χ2v) is 4.64. The lowest BCUT2D eigenvalue weighted by Gasteiger charge is -2.46. The summed E-state index contributed by atoms with van der Waals surface area (Å²) in [4.78, 5) is 0. The second kappa shape index (κ2) is 2.01. The Bertz CT molecular complexity index is 172. The number of fused-ring (bicyclic) bond motifs is 4. The quantitative estimate of drug-likeness (QED) is 0.561. The number of aliphatic hydroxyl groups excluding tert-OH is 1. The van der Waals surface area contributed by atoms with Crippen molar-refractivity contribution in [2.75, 3.05) is 0 Å². The largest absolute Gasteiger partial charge is 0.393 e. The van der Waals surface area contributed by atoms with Crippen LogP contribution >= 0.6 is 0 Å². The van der Waals surface area contributed by atoms with Gasteiger partial charge in [0.2, 0.25) is 0 Å². The predicted molar refractivity (Wildman–Crippen MR) is 43.1 cm³/mol. The molecule has 0 spiro atoms. The summed E-state index contributed by atoms with van der Waals surface area (Å²) in [6.45, 7) is 0. The zero-order valence-corrected chi connectivity index (χ0v) is 6.87. The van der Waals surface area contributed by atoms with E-state index in [4.69, 9.17) is 0 Å². The molecule has 3 saturated carbocycles. The highest BCUT2D eigenvalue weighted by Gasteiger charge is 2.57. The van der Waals surface area contributed by atoms with Crippen molar-refractivity contribution < 1.29 is 5.11 Å². The minimum Gasteiger partial charge on any atom is -0.393 e. The molecule has 5 atom stereocenters. The van der Waals surface area contributed by atoms with E-state index in [1.807, 2.05) is 0 Å². The molecule has 0 heterocycles. The van der Waals surface area contributed by atoms with Crippen LogP contribution < -0.4 is 0 Å². The van der Waals surface area contributed by atoms with Gasteiger partial charge < -0.3 is 5.11 Å². The molecule has 0 amide bonds. The fourth-order valence-electron chi connectivity index (χ4n) is 4.02. The van der Waals surface area contributed by atoms with Gasteiger partial charge in [-0.3, -0.25) is 0 Å². The first kappa shape index (κ1) is 6.47. The van der Waals surface area contributed by atoms with Gasteiger partial charge in [-0.05, 0) is 49.4 Å². The topological polar surface area (TPSA) is 20.2 Å². The Morgan fingerprint density at radius 2 is 1.55 bits per heavy atom. The average molecular weight is 152 g/mol. The maximum atomic E-state index is 9.67. The minimum absolute atomic E-state index is 0.0827. The molecule has 0 aromatic carbocycles. The molecule has 62 valence electrons. The zero-order chi connectivity index (χ0) is 7.42. The van der Waals surface area contributed by atoms with Gasteiger partial charge in [-0.15, -0.1) is 0 Å². The number of hydrogen-bond acceptors (Lipinski definition) is 1. The molecule has 1 N–H and O–H groups in total. The molecule has 3 aliphatic carbocycles. The van der Waals surface area contributed by atoms with Gasteiger partial charge in [-0.25, -0.2) is 0 Å². The Labute approximate surface area is 67.8 Å². The molecule has 0 saturated heterocycles. The smallest absolute Gasteiger partial charge is 0.0574 e. The van der Waals surface area contributed by atoms with E-state index in [1.54, 1.807) is 0 Å². The Balaban J connectivity index is 1.84. The van der Waals surface area contributed by atoms with Crippen LogP contribution in [0, 0.1) is 23.7 Å². The lowest BCUT2D eigenvalue weighted by Crippen LogP contribution is -2.44. The molecule has 0 aliphatic heterocycles. The minimum atomic E-state index is 0.0827. The van der Waals surface area contributed by atoms with Crippen molar-refractivity contribution in [2.24, 2.45) is 23.7 Å². The first-order valence-corrected chi connectivity index (χ1v) is 5.06. The standard InChI is InChI=1S/C10H16O/c11-9-5-4-8-6-2-1-3-7(6)10(8)9/h6-11H,1-5H2/t6-,7-,8-,9-,10+/m1/s1. The number of aliphatic hydroxyl groups is 1. The van der Waals surface area contributed by atoms with E-state index < -0.39 is 0 Å². The molecule has 0 aromatic heterocycles. The summed E-state index contributed by atoms with van der Waals surface area (Å²) in [7, 11) is 0. The molecule has 3 aliphatic rings. The SMILES string of the molecule is O[C@@H]1CC[C@@H]2[C@@H]3CCC[C@H]3[C@@H]21. The molecular weight excluding hydrogens is 136 g/mol. The molecule has 0 aromatic rings. The Morgan fingerprint density at radius 1 is 0.818 bits per heavy atom. The summed E-state index contributed by atoms with van der Waals surface area (Å²) >= 11 is 0. The molecule has 3 rings (SSSR count). The first-order valence-electron chi connectivity index (χ1n) is 5.06. The van der Waals surface area contributed by atoms with Gasteiger partial charge in [0.05, 0.1) is 6.10 Å². The van der Waals surface area contributed by atoms with Crippen molar-refractivity contribution in [1.82, 2.24) is 0 Å². The van der Waals surface area contributed by atoms with Gasteiger partial charge in [-0.1, -0.05) is 6.42 Å². The van der Waals surface area contributed by atoms with Gasteiger partial charge in [0.1, 0.15) is 0 Å². The van der Waals surface area contributed by atoms with Crippen molar-refractivity contribution in [1.29, 1.82) is 0 Å². The summed E-state index contributed by atoms with van der Waals surface area (Å²) < 4.78 is 0. The summed E-state index contributed by atoms with van der Waals surface area (Å²) in [5.41, 5.74) is 0. The van der Waals surface area contributed by atoms with Crippen LogP contribution in [0.15, 0.2) is 0 Å². The molecule has 1 heteroatoms. The fraction of sp³-hybridized carbons (Fsp3) is 1.00. The Hall–Kier alpha value is -0.0400. The van der Waals surface area contributed by atoms with Crippen LogP contribution in [0.2, 0.25) is 0 Å². The summed E-state index contributed by atoms with van der Waals surface area (Å²) in [6.07, 6.45) is 6.84. The van der Waals surface area contributed by atoms with Crippen LogP contribution in [-0.2, 0) is 0 Å². The van der Waals surface area contributed by atoms with E-state index in [-0.39, 0.29) is 6.10 Å². The molecule has 3 fully saturated rings. The van der Waals surface area contributed by atoms with Gasteiger partial charge in [-0.2, -0.15) is 0 Å². The lowest BCUT2D eigenvalue weighted by atomic mass is 9.59. The third-order valence-corrected chi connectivity index (χ3v) is 4.40. The van der Waals surface area contributed by atoms with E-state index in [0.717, 1.165) is 30.1 Å². The third kappa shape index (κ3) is 0.658. The number of rotatable bonds is 0. The van der Waals surface area contributed by atoms with Crippen LogP contribution in [0.4, 0.5) is 0 Å². The lowest BCUT2D eigenvalue weighted by molar-refractivity contribution is -0.0358. The normalized spacial score (nSPS) is 60.3. The van der Waals surface area contributed by atoms with Crippen LogP contribution in [0.5, 0.6) is 0 Å². The molecular formula is C10H16O. The highest BCUT2D eigenvalue weighted by atomic mass is 16.3. The van der Waals surface area contributed by atoms with Crippen LogP contribution in [0.1, 0.15) is 32.1 Å².